The van der Waals surface area contributed by atoms with E-state index in [0.717, 1.165) is 18.3 Å². The molecule has 2 fully saturated rings. The van der Waals surface area contributed by atoms with Gasteiger partial charge >= 0.3 is 26.2 Å². The molecule has 0 unspecified atom stereocenters. The van der Waals surface area contributed by atoms with Crippen LogP contribution in [0.15, 0.2) is 60.7 Å². The van der Waals surface area contributed by atoms with Crippen LogP contribution in [0, 0.1) is 6.07 Å². The van der Waals surface area contributed by atoms with Crippen molar-refractivity contribution < 1.29 is 51.0 Å². The molecule has 0 spiro atoms. The summed E-state index contributed by atoms with van der Waals surface area (Å²) < 4.78 is 0. The van der Waals surface area contributed by atoms with Gasteiger partial charge in [0.1, 0.15) is 0 Å². The molecule has 0 nitrogen and oxygen atoms in total. The zero-order valence-corrected chi connectivity index (χ0v) is 23.4. The first-order valence-electron chi connectivity index (χ1n) is 12.2. The Hall–Kier alpha value is -0.747. The first-order chi connectivity index (χ1) is 14.9. The van der Waals surface area contributed by atoms with Crippen molar-refractivity contribution in [1.29, 1.82) is 0 Å². The molecule has 2 saturated carbocycles. The Morgan fingerprint density at radius 1 is 0.697 bits per heavy atom. The summed E-state index contributed by atoms with van der Waals surface area (Å²) >= 11 is 0. The minimum atomic E-state index is 0. The quantitative estimate of drug-likeness (QED) is 0.333. The number of benzene rings is 2. The third-order valence-corrected chi connectivity index (χ3v) is 7.55. The molecule has 3 heteroatoms. The van der Waals surface area contributed by atoms with Crippen LogP contribution in [-0.4, -0.2) is 0 Å². The van der Waals surface area contributed by atoms with Gasteiger partial charge in [-0.25, -0.2) is 12.1 Å². The molecular weight excluding hydrogens is 522 g/mol. The maximum absolute atomic E-state index is 3.66. The fraction of sp³-hybridized carbons (Fsp3) is 0.433. The van der Waals surface area contributed by atoms with Gasteiger partial charge < -0.3 is 24.8 Å². The van der Waals surface area contributed by atoms with E-state index in [1.807, 2.05) is 30.3 Å². The molecule has 0 N–H and O–H groups in total. The monoisotopic (exact) mass is 554 g/mol. The molecule has 3 aliphatic carbocycles. The van der Waals surface area contributed by atoms with E-state index in [9.17, 15) is 0 Å². The van der Waals surface area contributed by atoms with Crippen LogP contribution in [0.3, 0.4) is 0 Å². The van der Waals surface area contributed by atoms with Gasteiger partial charge in [0, 0.05) is 0 Å². The Kier molecular flexibility index (Phi) is 12.1. The van der Waals surface area contributed by atoms with Gasteiger partial charge in [-0.2, -0.15) is 47.5 Å². The fourth-order valence-electron chi connectivity index (χ4n) is 5.80. The van der Waals surface area contributed by atoms with Crippen molar-refractivity contribution in [2.24, 2.45) is 0 Å². The second kappa shape index (κ2) is 14.0. The van der Waals surface area contributed by atoms with E-state index in [-0.39, 0.29) is 51.0 Å². The van der Waals surface area contributed by atoms with Crippen LogP contribution in [0.25, 0.3) is 11.1 Å². The number of halogens is 2. The zero-order valence-electron chi connectivity index (χ0n) is 19.5. The largest absolute Gasteiger partial charge is 4.00 e. The van der Waals surface area contributed by atoms with Gasteiger partial charge in [-0.15, -0.1) is 5.56 Å². The smallest absolute Gasteiger partial charge is 1.00 e. The van der Waals surface area contributed by atoms with Gasteiger partial charge in [-0.1, -0.05) is 86.6 Å². The summed E-state index contributed by atoms with van der Waals surface area (Å²) in [5.74, 6) is 1.58. The molecular formula is C30H34Cl2Zr. The summed E-state index contributed by atoms with van der Waals surface area (Å²) in [6.45, 7) is 0. The normalized spacial score (nSPS) is 17.2. The Balaban J connectivity index is 0.000000431. The van der Waals surface area contributed by atoms with Crippen molar-refractivity contribution in [3.63, 3.8) is 0 Å². The fourth-order valence-corrected chi connectivity index (χ4v) is 5.80. The predicted octanol–water partition coefficient (Wildman–Crippen LogP) is 2.56. The van der Waals surface area contributed by atoms with E-state index in [2.05, 4.69) is 36.4 Å². The Morgan fingerprint density at radius 2 is 1.27 bits per heavy atom. The minimum Gasteiger partial charge on any atom is -1.00 e. The van der Waals surface area contributed by atoms with Crippen LogP contribution in [0.1, 0.15) is 98.3 Å². The molecule has 0 aromatic heterocycles. The van der Waals surface area contributed by atoms with Gasteiger partial charge in [0.15, 0.2) is 0 Å². The van der Waals surface area contributed by atoms with Crippen molar-refractivity contribution in [3.8, 4) is 11.1 Å². The molecule has 0 radical (unpaired) electrons. The Labute approximate surface area is 232 Å². The SMILES string of the molecule is [Cl-].[Cl-].[Zr+4].[c-]1cc(C2CCCCC2)cc2c1Cc1ccc(C3CCCCC3)cc1-2.c1cc[cH-]c1. The van der Waals surface area contributed by atoms with Crippen molar-refractivity contribution in [3.05, 3.63) is 89.0 Å². The standard InChI is InChI=1S/C25H29.C5H5.2ClH.Zr/c1-3-7-18(8-4-1)20-11-13-22-15-23-14-12-21(17-25(23)24(22)16-20)19-9-5-2-6-10-19;1-2-4-5-3-1;;;/h11-13,16-19H,1-10,15H2;1-5H;2*1H;/q2*-1;;;+4/p-2. The van der Waals surface area contributed by atoms with E-state index < -0.39 is 0 Å². The summed E-state index contributed by atoms with van der Waals surface area (Å²) in [5.41, 5.74) is 9.11. The molecule has 0 bridgehead atoms. The predicted molar refractivity (Wildman–Crippen MR) is 127 cm³/mol. The average Bonchev–Trinajstić information content (AvgIpc) is 3.51. The van der Waals surface area contributed by atoms with Crippen molar-refractivity contribution >= 4 is 0 Å². The number of hydrogen-bond donors (Lipinski definition) is 0. The van der Waals surface area contributed by atoms with Crippen LogP contribution in [0.4, 0.5) is 0 Å². The molecule has 0 heterocycles. The topological polar surface area (TPSA) is 0 Å². The molecule has 6 rings (SSSR count). The van der Waals surface area contributed by atoms with Gasteiger partial charge in [0.2, 0.25) is 0 Å². The van der Waals surface area contributed by atoms with Crippen molar-refractivity contribution in [2.75, 3.05) is 0 Å². The number of hydrogen-bond acceptors (Lipinski definition) is 0. The van der Waals surface area contributed by atoms with Gasteiger partial charge in [-0.05, 0) is 30.7 Å². The van der Waals surface area contributed by atoms with Crippen LogP contribution in [0.2, 0.25) is 0 Å². The summed E-state index contributed by atoms with van der Waals surface area (Å²) in [6, 6.07) is 25.9. The van der Waals surface area contributed by atoms with Crippen LogP contribution >= 0.6 is 0 Å². The third kappa shape index (κ3) is 6.90. The summed E-state index contributed by atoms with van der Waals surface area (Å²) in [4.78, 5) is 0. The Morgan fingerprint density at radius 3 is 1.85 bits per heavy atom. The van der Waals surface area contributed by atoms with E-state index in [0.29, 0.717) is 0 Å². The van der Waals surface area contributed by atoms with Crippen LogP contribution in [0.5, 0.6) is 0 Å². The van der Waals surface area contributed by atoms with Crippen molar-refractivity contribution in [1.82, 2.24) is 0 Å². The van der Waals surface area contributed by atoms with Crippen molar-refractivity contribution in [2.45, 2.75) is 82.5 Å². The molecule has 0 aliphatic heterocycles. The minimum absolute atomic E-state index is 0. The first kappa shape index (κ1) is 28.5. The van der Waals surface area contributed by atoms with E-state index >= 15 is 0 Å². The van der Waals surface area contributed by atoms with E-state index in [1.54, 1.807) is 11.1 Å². The zero-order chi connectivity index (χ0) is 20.2. The van der Waals surface area contributed by atoms with Gasteiger partial charge in [0.25, 0.3) is 0 Å². The maximum Gasteiger partial charge on any atom is 4.00 e. The molecule has 33 heavy (non-hydrogen) atoms. The molecule has 0 saturated heterocycles. The van der Waals surface area contributed by atoms with Gasteiger partial charge in [-0.3, -0.25) is 0 Å². The second-order valence-corrected chi connectivity index (χ2v) is 9.55. The third-order valence-electron chi connectivity index (χ3n) is 7.55. The molecule has 3 aromatic rings. The summed E-state index contributed by atoms with van der Waals surface area (Å²) in [7, 11) is 0. The van der Waals surface area contributed by atoms with E-state index in [1.165, 1.54) is 86.5 Å². The summed E-state index contributed by atoms with van der Waals surface area (Å²) in [5, 5.41) is 0. The molecule has 3 aromatic carbocycles. The molecule has 3 aliphatic rings. The average molecular weight is 557 g/mol. The van der Waals surface area contributed by atoms with Gasteiger partial charge in [0.05, 0.1) is 0 Å². The second-order valence-electron chi connectivity index (χ2n) is 9.55. The molecule has 0 amide bonds. The number of fused-ring (bicyclic) bond motifs is 3. The molecule has 172 valence electrons. The summed E-state index contributed by atoms with van der Waals surface area (Å²) in [6.07, 6.45) is 15.1. The molecule has 0 atom stereocenters. The van der Waals surface area contributed by atoms with E-state index in [4.69, 9.17) is 0 Å². The number of rotatable bonds is 2. The van der Waals surface area contributed by atoms with Crippen LogP contribution < -0.4 is 24.8 Å². The Bertz CT molecular complexity index is 869. The first-order valence-corrected chi connectivity index (χ1v) is 12.2. The maximum atomic E-state index is 3.66. The van der Waals surface area contributed by atoms with Crippen LogP contribution in [-0.2, 0) is 32.6 Å².